The lowest BCUT2D eigenvalue weighted by Gasteiger charge is -2.06. The van der Waals surface area contributed by atoms with E-state index >= 15 is 0 Å². The highest BCUT2D eigenvalue weighted by molar-refractivity contribution is 5.97. The molecule has 7 heteroatoms. The summed E-state index contributed by atoms with van der Waals surface area (Å²) < 4.78 is 31.3. The SMILES string of the molecule is NC(=O)c1cccc(COC(=O)CCC(=O)c2ccc(F)cc2F)c1. The van der Waals surface area contributed by atoms with E-state index in [-0.39, 0.29) is 30.6 Å². The van der Waals surface area contributed by atoms with Crippen LogP contribution in [0.2, 0.25) is 0 Å². The minimum Gasteiger partial charge on any atom is -0.461 e. The minimum absolute atomic E-state index is 0.0843. The van der Waals surface area contributed by atoms with Crippen molar-refractivity contribution in [2.24, 2.45) is 5.73 Å². The number of carbonyl (C=O) groups excluding carboxylic acids is 3. The van der Waals surface area contributed by atoms with Gasteiger partial charge in [0, 0.05) is 18.1 Å². The number of ether oxygens (including phenoxy) is 1. The Morgan fingerprint density at radius 1 is 1.00 bits per heavy atom. The molecule has 2 aromatic carbocycles. The summed E-state index contributed by atoms with van der Waals surface area (Å²) in [7, 11) is 0. The second-order valence-electron chi connectivity index (χ2n) is 5.27. The highest BCUT2D eigenvalue weighted by atomic mass is 19.1. The number of Topliss-reactive ketones (excluding diaryl/α,β-unsaturated/α-hetero) is 1. The summed E-state index contributed by atoms with van der Waals surface area (Å²) in [6, 6.07) is 8.90. The lowest BCUT2D eigenvalue weighted by molar-refractivity contribution is -0.144. The van der Waals surface area contributed by atoms with Crippen LogP contribution >= 0.6 is 0 Å². The van der Waals surface area contributed by atoms with Gasteiger partial charge in [-0.1, -0.05) is 12.1 Å². The molecular weight excluding hydrogens is 332 g/mol. The van der Waals surface area contributed by atoms with Crippen molar-refractivity contribution in [1.82, 2.24) is 0 Å². The van der Waals surface area contributed by atoms with Gasteiger partial charge in [0.15, 0.2) is 5.78 Å². The molecule has 0 aliphatic carbocycles. The topological polar surface area (TPSA) is 86.5 Å². The van der Waals surface area contributed by atoms with Crippen molar-refractivity contribution in [2.75, 3.05) is 0 Å². The molecule has 0 aliphatic heterocycles. The van der Waals surface area contributed by atoms with Gasteiger partial charge in [0.2, 0.25) is 5.91 Å². The number of benzene rings is 2. The molecule has 0 unspecified atom stereocenters. The van der Waals surface area contributed by atoms with Gasteiger partial charge < -0.3 is 10.5 Å². The Labute approximate surface area is 142 Å². The first-order chi connectivity index (χ1) is 11.9. The molecule has 2 N–H and O–H groups in total. The first kappa shape index (κ1) is 18.3. The van der Waals surface area contributed by atoms with Crippen LogP contribution in [0.3, 0.4) is 0 Å². The molecule has 0 fully saturated rings. The van der Waals surface area contributed by atoms with E-state index < -0.39 is 29.3 Å². The van der Waals surface area contributed by atoms with Crippen molar-refractivity contribution < 1.29 is 27.9 Å². The summed E-state index contributed by atoms with van der Waals surface area (Å²) in [5.74, 6) is -3.63. The van der Waals surface area contributed by atoms with Gasteiger partial charge in [-0.2, -0.15) is 0 Å². The number of esters is 1. The van der Waals surface area contributed by atoms with Crippen molar-refractivity contribution in [3.8, 4) is 0 Å². The molecule has 0 bridgehead atoms. The average molecular weight is 347 g/mol. The Hall–Kier alpha value is -3.09. The average Bonchev–Trinajstić information content (AvgIpc) is 2.58. The van der Waals surface area contributed by atoms with Gasteiger partial charge in [0.05, 0.1) is 12.0 Å². The summed E-state index contributed by atoms with van der Waals surface area (Å²) in [4.78, 5) is 34.6. The summed E-state index contributed by atoms with van der Waals surface area (Å²) in [5.41, 5.74) is 5.74. The standard InChI is InChI=1S/C18H15F2NO4/c19-13-4-5-14(15(20)9-13)16(22)6-7-17(23)25-10-11-2-1-3-12(8-11)18(21)24/h1-5,8-9H,6-7,10H2,(H2,21,24). The van der Waals surface area contributed by atoms with E-state index in [0.29, 0.717) is 11.6 Å². The van der Waals surface area contributed by atoms with E-state index in [4.69, 9.17) is 10.5 Å². The van der Waals surface area contributed by atoms with Crippen LogP contribution in [0.4, 0.5) is 8.78 Å². The number of carbonyl (C=O) groups is 3. The van der Waals surface area contributed by atoms with Gasteiger partial charge in [0.25, 0.3) is 0 Å². The fourth-order valence-corrected chi connectivity index (χ4v) is 2.12. The van der Waals surface area contributed by atoms with Crippen molar-refractivity contribution in [2.45, 2.75) is 19.4 Å². The monoisotopic (exact) mass is 347 g/mol. The Morgan fingerprint density at radius 2 is 1.76 bits per heavy atom. The van der Waals surface area contributed by atoms with Crippen molar-refractivity contribution in [3.05, 3.63) is 70.8 Å². The zero-order valence-electron chi connectivity index (χ0n) is 13.1. The van der Waals surface area contributed by atoms with Gasteiger partial charge in [-0.3, -0.25) is 14.4 Å². The lowest BCUT2D eigenvalue weighted by Crippen LogP contribution is -2.12. The van der Waals surface area contributed by atoms with Crippen LogP contribution in [0, 0.1) is 11.6 Å². The van der Waals surface area contributed by atoms with E-state index in [2.05, 4.69) is 0 Å². The fourth-order valence-electron chi connectivity index (χ4n) is 2.12. The number of amides is 1. The molecular formula is C18H15F2NO4. The molecule has 0 saturated carbocycles. The zero-order chi connectivity index (χ0) is 18.4. The summed E-state index contributed by atoms with van der Waals surface area (Å²) >= 11 is 0. The fraction of sp³-hybridized carbons (Fsp3) is 0.167. The molecule has 0 radical (unpaired) electrons. The Kier molecular flexibility index (Phi) is 5.94. The van der Waals surface area contributed by atoms with E-state index in [1.54, 1.807) is 12.1 Å². The van der Waals surface area contributed by atoms with Crippen LogP contribution in [-0.2, 0) is 16.1 Å². The number of rotatable bonds is 7. The first-order valence-corrected chi connectivity index (χ1v) is 7.39. The summed E-state index contributed by atoms with van der Waals surface area (Å²) in [6.45, 7) is -0.0843. The number of halogens is 2. The maximum Gasteiger partial charge on any atom is 0.306 e. The third-order valence-corrected chi connectivity index (χ3v) is 3.40. The minimum atomic E-state index is -0.971. The highest BCUT2D eigenvalue weighted by Crippen LogP contribution is 2.13. The summed E-state index contributed by atoms with van der Waals surface area (Å²) in [6.07, 6.45) is -0.506. The molecule has 5 nitrogen and oxygen atoms in total. The van der Waals surface area contributed by atoms with Crippen LogP contribution < -0.4 is 5.73 Å². The molecule has 0 heterocycles. The van der Waals surface area contributed by atoms with Crippen molar-refractivity contribution >= 4 is 17.7 Å². The first-order valence-electron chi connectivity index (χ1n) is 7.39. The van der Waals surface area contributed by atoms with Crippen molar-refractivity contribution in [3.63, 3.8) is 0 Å². The van der Waals surface area contributed by atoms with Crippen LogP contribution in [0.1, 0.15) is 39.1 Å². The molecule has 2 rings (SSSR count). The normalized spacial score (nSPS) is 10.3. The molecule has 25 heavy (non-hydrogen) atoms. The van der Waals surface area contributed by atoms with Crippen molar-refractivity contribution in [1.29, 1.82) is 0 Å². The molecule has 2 aromatic rings. The van der Waals surface area contributed by atoms with Gasteiger partial charge in [-0.15, -0.1) is 0 Å². The van der Waals surface area contributed by atoms with Crippen LogP contribution in [0.5, 0.6) is 0 Å². The van der Waals surface area contributed by atoms with Crippen LogP contribution in [-0.4, -0.2) is 17.7 Å². The smallest absolute Gasteiger partial charge is 0.306 e. The lowest BCUT2D eigenvalue weighted by atomic mass is 10.1. The van der Waals surface area contributed by atoms with E-state index in [1.165, 1.54) is 12.1 Å². The number of nitrogens with two attached hydrogens (primary N) is 1. The van der Waals surface area contributed by atoms with Gasteiger partial charge >= 0.3 is 5.97 Å². The van der Waals surface area contributed by atoms with Crippen LogP contribution in [0.25, 0.3) is 0 Å². The predicted octanol–water partition coefficient (Wildman–Crippen LogP) is 2.77. The van der Waals surface area contributed by atoms with E-state index in [0.717, 1.165) is 12.1 Å². The second kappa shape index (κ2) is 8.14. The van der Waals surface area contributed by atoms with Gasteiger partial charge in [-0.05, 0) is 29.8 Å². The van der Waals surface area contributed by atoms with E-state index in [1.807, 2.05) is 0 Å². The number of primary amides is 1. The molecule has 0 saturated heterocycles. The third-order valence-electron chi connectivity index (χ3n) is 3.40. The largest absolute Gasteiger partial charge is 0.461 e. The van der Waals surface area contributed by atoms with E-state index in [9.17, 15) is 23.2 Å². The van der Waals surface area contributed by atoms with Gasteiger partial charge in [-0.25, -0.2) is 8.78 Å². The van der Waals surface area contributed by atoms with Gasteiger partial charge in [0.1, 0.15) is 18.2 Å². The Morgan fingerprint density at radius 3 is 2.44 bits per heavy atom. The molecule has 0 spiro atoms. The number of hydrogen-bond acceptors (Lipinski definition) is 4. The molecule has 0 aliphatic rings. The highest BCUT2D eigenvalue weighted by Gasteiger charge is 2.15. The maximum absolute atomic E-state index is 13.5. The molecule has 0 aromatic heterocycles. The quantitative estimate of drug-likeness (QED) is 0.616. The number of ketones is 1. The predicted molar refractivity (Wildman–Crippen MR) is 84.7 cm³/mol. The Balaban J connectivity index is 1.85. The summed E-state index contributed by atoms with van der Waals surface area (Å²) in [5, 5.41) is 0. The third kappa shape index (κ3) is 5.20. The molecule has 130 valence electrons. The Bertz CT molecular complexity index is 820. The maximum atomic E-state index is 13.5. The second-order valence-corrected chi connectivity index (χ2v) is 5.27. The number of hydrogen-bond donors (Lipinski definition) is 1. The zero-order valence-corrected chi connectivity index (χ0v) is 13.1. The molecule has 1 amide bonds. The molecule has 0 atom stereocenters. The van der Waals surface area contributed by atoms with Crippen LogP contribution in [0.15, 0.2) is 42.5 Å².